The first kappa shape index (κ1) is 13.8. The second kappa shape index (κ2) is 4.19. The van der Waals surface area contributed by atoms with Crippen LogP contribution < -0.4 is 0 Å². The number of carbonyl (C=O) groups is 4. The van der Waals surface area contributed by atoms with E-state index in [9.17, 15) is 39.6 Å². The molecule has 8 atom stereocenters. The van der Waals surface area contributed by atoms with Gasteiger partial charge in [-0.25, -0.2) is 0 Å². The Morgan fingerprint density at radius 1 is 0.571 bits per heavy atom. The van der Waals surface area contributed by atoms with Gasteiger partial charge in [0.25, 0.3) is 0 Å². The molecule has 21 heavy (non-hydrogen) atoms. The molecular weight excluding hydrogens is 284 g/mol. The third-order valence-corrected chi connectivity index (χ3v) is 5.64. The van der Waals surface area contributed by atoms with Gasteiger partial charge in [-0.1, -0.05) is 0 Å². The highest BCUT2D eigenvalue weighted by atomic mass is 16.4. The fraction of sp³-hybridized carbons (Fsp3) is 0.692. The third-order valence-electron chi connectivity index (χ3n) is 5.64. The van der Waals surface area contributed by atoms with Crippen LogP contribution in [0, 0.1) is 47.3 Å². The van der Waals surface area contributed by atoms with Gasteiger partial charge in [-0.05, 0) is 30.1 Å². The van der Waals surface area contributed by atoms with Crippen molar-refractivity contribution in [3.05, 3.63) is 0 Å². The summed E-state index contributed by atoms with van der Waals surface area (Å²) in [6, 6.07) is 0. The smallest absolute Gasteiger partial charge is 0.307 e. The van der Waals surface area contributed by atoms with E-state index in [0.717, 1.165) is 0 Å². The van der Waals surface area contributed by atoms with E-state index < -0.39 is 71.2 Å². The summed E-state index contributed by atoms with van der Waals surface area (Å²) in [5, 5.41) is 36.9. The Labute approximate surface area is 118 Å². The summed E-state index contributed by atoms with van der Waals surface area (Å²) < 4.78 is 0. The first-order valence-electron chi connectivity index (χ1n) is 6.68. The number of fused-ring (bicyclic) bond motifs is 5. The average molecular weight is 298 g/mol. The van der Waals surface area contributed by atoms with Crippen molar-refractivity contribution in [1.82, 2.24) is 0 Å². The van der Waals surface area contributed by atoms with Crippen molar-refractivity contribution >= 4 is 23.9 Å². The zero-order valence-electron chi connectivity index (χ0n) is 10.7. The van der Waals surface area contributed by atoms with Crippen LogP contribution in [-0.2, 0) is 19.2 Å². The Hall–Kier alpha value is -2.12. The van der Waals surface area contributed by atoms with Crippen molar-refractivity contribution in [2.45, 2.75) is 6.42 Å². The summed E-state index contributed by atoms with van der Waals surface area (Å²) >= 11 is 0. The van der Waals surface area contributed by atoms with Gasteiger partial charge in [-0.15, -0.1) is 0 Å². The molecule has 8 heteroatoms. The first-order valence-corrected chi connectivity index (χ1v) is 6.68. The molecule has 3 rings (SSSR count). The molecule has 3 aliphatic rings. The van der Waals surface area contributed by atoms with Crippen LogP contribution in [0.1, 0.15) is 6.42 Å². The molecule has 0 aliphatic heterocycles. The van der Waals surface area contributed by atoms with E-state index in [1.807, 2.05) is 0 Å². The molecule has 0 aromatic heterocycles. The Morgan fingerprint density at radius 3 is 1.10 bits per heavy atom. The second-order valence-corrected chi connectivity index (χ2v) is 6.17. The first-order chi connectivity index (χ1) is 9.77. The molecule has 0 radical (unpaired) electrons. The normalized spacial score (nSPS) is 46.5. The van der Waals surface area contributed by atoms with Crippen molar-refractivity contribution in [3.8, 4) is 0 Å². The molecule has 0 saturated heterocycles. The summed E-state index contributed by atoms with van der Waals surface area (Å²) in [7, 11) is 0. The minimum absolute atomic E-state index is 0.289. The van der Waals surface area contributed by atoms with E-state index >= 15 is 0 Å². The zero-order valence-corrected chi connectivity index (χ0v) is 10.7. The monoisotopic (exact) mass is 298 g/mol. The van der Waals surface area contributed by atoms with Crippen LogP contribution in [0.4, 0.5) is 0 Å². The van der Waals surface area contributed by atoms with Gasteiger partial charge < -0.3 is 20.4 Å². The van der Waals surface area contributed by atoms with Gasteiger partial charge in [-0.3, -0.25) is 19.2 Å². The maximum atomic E-state index is 11.3. The highest BCUT2D eigenvalue weighted by Crippen LogP contribution is 2.69. The number of carboxylic acids is 4. The minimum Gasteiger partial charge on any atom is -0.481 e. The van der Waals surface area contributed by atoms with Crippen molar-refractivity contribution in [2.75, 3.05) is 0 Å². The quantitative estimate of drug-likeness (QED) is 0.552. The number of rotatable bonds is 4. The molecule has 0 heterocycles. The lowest BCUT2D eigenvalue weighted by atomic mass is 9.48. The van der Waals surface area contributed by atoms with E-state index in [1.165, 1.54) is 0 Å². The molecule has 8 unspecified atom stereocenters. The van der Waals surface area contributed by atoms with Gasteiger partial charge in [0, 0.05) is 0 Å². The van der Waals surface area contributed by atoms with Gasteiger partial charge in [0.15, 0.2) is 0 Å². The minimum atomic E-state index is -1.24. The fourth-order valence-corrected chi connectivity index (χ4v) is 5.16. The number of hydrogen-bond donors (Lipinski definition) is 4. The Bertz CT molecular complexity index is 502. The van der Waals surface area contributed by atoms with E-state index in [0.29, 0.717) is 0 Å². The highest BCUT2D eigenvalue weighted by Gasteiger charge is 2.74. The zero-order chi connectivity index (χ0) is 15.6. The van der Waals surface area contributed by atoms with E-state index in [1.54, 1.807) is 0 Å². The lowest BCUT2D eigenvalue weighted by Gasteiger charge is -2.52. The van der Waals surface area contributed by atoms with Crippen molar-refractivity contribution in [3.63, 3.8) is 0 Å². The van der Waals surface area contributed by atoms with Crippen molar-refractivity contribution < 1.29 is 39.6 Å². The lowest BCUT2D eigenvalue weighted by Crippen LogP contribution is -2.60. The van der Waals surface area contributed by atoms with Crippen LogP contribution in [-0.4, -0.2) is 44.3 Å². The van der Waals surface area contributed by atoms with Gasteiger partial charge in [-0.2, -0.15) is 0 Å². The van der Waals surface area contributed by atoms with Gasteiger partial charge >= 0.3 is 23.9 Å². The van der Waals surface area contributed by atoms with Gasteiger partial charge in [0.05, 0.1) is 23.7 Å². The summed E-state index contributed by atoms with van der Waals surface area (Å²) in [5.41, 5.74) is 0. The SMILES string of the molecule is O=C(O)C1C2CC(C1C(=O)O)C1C(C(=O)O)C(C(=O)O)C21. The van der Waals surface area contributed by atoms with Crippen LogP contribution in [0.3, 0.4) is 0 Å². The molecular formula is C13H14O8. The molecule has 0 aromatic rings. The van der Waals surface area contributed by atoms with E-state index in [-0.39, 0.29) is 6.42 Å². The molecule has 0 aromatic carbocycles. The van der Waals surface area contributed by atoms with E-state index in [4.69, 9.17) is 0 Å². The van der Waals surface area contributed by atoms with Gasteiger partial charge in [0.2, 0.25) is 0 Å². The summed E-state index contributed by atoms with van der Waals surface area (Å²) in [5.74, 6) is -11.6. The van der Waals surface area contributed by atoms with Gasteiger partial charge in [0.1, 0.15) is 0 Å². The number of hydrogen-bond acceptors (Lipinski definition) is 4. The van der Waals surface area contributed by atoms with Crippen LogP contribution >= 0.6 is 0 Å². The van der Waals surface area contributed by atoms with Crippen molar-refractivity contribution in [2.24, 2.45) is 47.3 Å². The van der Waals surface area contributed by atoms with Crippen LogP contribution in [0.2, 0.25) is 0 Å². The topological polar surface area (TPSA) is 149 Å². The molecule has 4 N–H and O–H groups in total. The predicted octanol–water partition coefficient (Wildman–Crippen LogP) is -0.315. The standard InChI is InChI=1S/C13H14O8/c14-10(15)6-2-1-3(7(6)11(16)17)5-4(2)8(12(18)19)9(5)13(20)21/h2-9H,1H2,(H,14,15)(H,16,17)(H,18,19)(H,20,21). The van der Waals surface area contributed by atoms with Crippen LogP contribution in [0.25, 0.3) is 0 Å². The molecule has 0 amide bonds. The number of aliphatic carboxylic acids is 4. The Morgan fingerprint density at radius 2 is 0.857 bits per heavy atom. The van der Waals surface area contributed by atoms with E-state index in [2.05, 4.69) is 0 Å². The lowest BCUT2D eigenvalue weighted by molar-refractivity contribution is -0.190. The molecule has 0 spiro atoms. The molecule has 3 fully saturated rings. The molecule has 3 saturated carbocycles. The predicted molar refractivity (Wildman–Crippen MR) is 63.1 cm³/mol. The molecule has 2 bridgehead atoms. The fourth-order valence-electron chi connectivity index (χ4n) is 5.16. The largest absolute Gasteiger partial charge is 0.481 e. The summed E-state index contributed by atoms with van der Waals surface area (Å²) in [4.78, 5) is 45.3. The Kier molecular flexibility index (Phi) is 2.76. The van der Waals surface area contributed by atoms with Crippen LogP contribution in [0.15, 0.2) is 0 Å². The molecule has 114 valence electrons. The summed E-state index contributed by atoms with van der Waals surface area (Å²) in [6.45, 7) is 0. The van der Waals surface area contributed by atoms with Crippen LogP contribution in [0.5, 0.6) is 0 Å². The highest BCUT2D eigenvalue weighted by molar-refractivity contribution is 5.86. The summed E-state index contributed by atoms with van der Waals surface area (Å²) in [6.07, 6.45) is 0.289. The second-order valence-electron chi connectivity index (χ2n) is 6.17. The maximum absolute atomic E-state index is 11.3. The van der Waals surface area contributed by atoms with Crippen molar-refractivity contribution in [1.29, 1.82) is 0 Å². The Balaban J connectivity index is 1.99. The molecule has 3 aliphatic carbocycles. The maximum Gasteiger partial charge on any atom is 0.307 e. The third kappa shape index (κ3) is 1.55. The molecule has 8 nitrogen and oxygen atoms in total. The number of carboxylic acid groups (broad SMARTS) is 4. The average Bonchev–Trinajstić information content (AvgIpc) is 2.78.